The highest BCUT2D eigenvalue weighted by Gasteiger charge is 2.20. The van der Waals surface area contributed by atoms with E-state index in [0.29, 0.717) is 12.6 Å². The predicted molar refractivity (Wildman–Crippen MR) is 101 cm³/mol. The molecule has 1 atom stereocenters. The van der Waals surface area contributed by atoms with Crippen molar-refractivity contribution in [1.29, 1.82) is 0 Å². The number of hydrogen-bond donors (Lipinski definition) is 2. The molecular formula is C15H31IN4O2. The molecular weight excluding hydrogens is 395 g/mol. The summed E-state index contributed by atoms with van der Waals surface area (Å²) in [5.74, 6) is 0.380. The lowest BCUT2D eigenvalue weighted by atomic mass is 10.1. The maximum Gasteiger partial charge on any atom is 0.310 e. The van der Waals surface area contributed by atoms with E-state index in [-0.39, 0.29) is 35.9 Å². The molecule has 1 aliphatic rings. The van der Waals surface area contributed by atoms with Gasteiger partial charge in [0.1, 0.15) is 0 Å². The van der Waals surface area contributed by atoms with Gasteiger partial charge in [-0.3, -0.25) is 9.79 Å². The van der Waals surface area contributed by atoms with Crippen LogP contribution in [-0.2, 0) is 9.53 Å². The number of nitrogens with one attached hydrogen (secondary N) is 2. The van der Waals surface area contributed by atoms with E-state index >= 15 is 0 Å². The second-order valence-corrected chi connectivity index (χ2v) is 5.64. The number of aliphatic imine (C=N–C) groups is 1. The lowest BCUT2D eigenvalue weighted by Gasteiger charge is -2.32. The summed E-state index contributed by atoms with van der Waals surface area (Å²) in [5.41, 5.74) is 0. The SMILES string of the molecule is CCCN1CCC(NC(=NC)NCC(C)C(=O)OC)CC1.I. The summed E-state index contributed by atoms with van der Waals surface area (Å²) < 4.78 is 4.72. The molecule has 1 aliphatic heterocycles. The number of hydrogen-bond acceptors (Lipinski definition) is 4. The molecule has 0 bridgehead atoms. The van der Waals surface area contributed by atoms with Crippen molar-refractivity contribution in [3.05, 3.63) is 0 Å². The van der Waals surface area contributed by atoms with Crippen LogP contribution in [0.15, 0.2) is 4.99 Å². The maximum absolute atomic E-state index is 11.4. The first-order chi connectivity index (χ1) is 10.1. The van der Waals surface area contributed by atoms with Crippen LogP contribution in [0.3, 0.4) is 0 Å². The van der Waals surface area contributed by atoms with Gasteiger partial charge in [0.05, 0.1) is 13.0 Å². The lowest BCUT2D eigenvalue weighted by molar-refractivity contribution is -0.144. The molecule has 1 unspecified atom stereocenters. The summed E-state index contributed by atoms with van der Waals surface area (Å²) in [5, 5.41) is 6.63. The molecule has 0 aromatic carbocycles. The van der Waals surface area contributed by atoms with Crippen molar-refractivity contribution >= 4 is 35.9 Å². The molecule has 7 heteroatoms. The summed E-state index contributed by atoms with van der Waals surface area (Å²) in [7, 11) is 3.17. The van der Waals surface area contributed by atoms with Gasteiger partial charge in [0.15, 0.2) is 5.96 Å². The number of piperidine rings is 1. The molecule has 0 saturated carbocycles. The van der Waals surface area contributed by atoms with Gasteiger partial charge >= 0.3 is 5.97 Å². The van der Waals surface area contributed by atoms with Gasteiger partial charge in [-0.05, 0) is 25.8 Å². The molecule has 0 radical (unpaired) electrons. The number of carbonyl (C=O) groups is 1. The second kappa shape index (κ2) is 11.9. The van der Waals surface area contributed by atoms with Crippen molar-refractivity contribution in [2.45, 2.75) is 39.2 Å². The minimum absolute atomic E-state index is 0. The number of methoxy groups -OCH3 is 1. The number of nitrogens with zero attached hydrogens (tertiary/aromatic N) is 2. The highest BCUT2D eigenvalue weighted by atomic mass is 127. The van der Waals surface area contributed by atoms with Gasteiger partial charge in [-0.25, -0.2) is 0 Å². The first-order valence-corrected chi connectivity index (χ1v) is 7.88. The van der Waals surface area contributed by atoms with Crippen LogP contribution in [0.25, 0.3) is 0 Å². The Morgan fingerprint density at radius 3 is 2.55 bits per heavy atom. The normalized spacial score (nSPS) is 18.3. The van der Waals surface area contributed by atoms with Crippen molar-refractivity contribution in [1.82, 2.24) is 15.5 Å². The summed E-state index contributed by atoms with van der Waals surface area (Å²) in [4.78, 5) is 18.1. The Morgan fingerprint density at radius 2 is 2.05 bits per heavy atom. The molecule has 2 N–H and O–H groups in total. The molecule has 0 aromatic heterocycles. The topological polar surface area (TPSA) is 66.0 Å². The van der Waals surface area contributed by atoms with Crippen molar-refractivity contribution in [3.63, 3.8) is 0 Å². The molecule has 130 valence electrons. The minimum Gasteiger partial charge on any atom is -0.469 e. The van der Waals surface area contributed by atoms with Crippen LogP contribution in [0, 0.1) is 5.92 Å². The molecule has 1 fully saturated rings. The van der Waals surface area contributed by atoms with E-state index in [4.69, 9.17) is 4.74 Å². The third kappa shape index (κ3) is 7.62. The zero-order valence-corrected chi connectivity index (χ0v) is 16.6. The highest BCUT2D eigenvalue weighted by molar-refractivity contribution is 14.0. The van der Waals surface area contributed by atoms with Crippen LogP contribution >= 0.6 is 24.0 Å². The average Bonchev–Trinajstić information content (AvgIpc) is 2.52. The van der Waals surface area contributed by atoms with Gasteiger partial charge in [0, 0.05) is 32.7 Å². The van der Waals surface area contributed by atoms with Crippen LogP contribution in [0.2, 0.25) is 0 Å². The number of rotatable bonds is 6. The molecule has 0 spiro atoms. The molecule has 0 aromatic rings. The van der Waals surface area contributed by atoms with E-state index in [1.165, 1.54) is 20.1 Å². The number of carbonyl (C=O) groups excluding carboxylic acids is 1. The Kier molecular flexibility index (Phi) is 11.6. The van der Waals surface area contributed by atoms with Crippen LogP contribution in [0.1, 0.15) is 33.1 Å². The first kappa shape index (κ1) is 21.4. The van der Waals surface area contributed by atoms with Crippen molar-refractivity contribution < 1.29 is 9.53 Å². The Balaban J connectivity index is 0.00000441. The molecule has 22 heavy (non-hydrogen) atoms. The Bertz CT molecular complexity index is 344. The number of ether oxygens (including phenoxy) is 1. The lowest BCUT2D eigenvalue weighted by Crippen LogP contribution is -2.49. The zero-order chi connectivity index (χ0) is 15.7. The smallest absolute Gasteiger partial charge is 0.310 e. The fourth-order valence-electron chi connectivity index (χ4n) is 2.54. The fraction of sp³-hybridized carbons (Fsp3) is 0.867. The van der Waals surface area contributed by atoms with Gasteiger partial charge in [-0.15, -0.1) is 24.0 Å². The molecule has 0 aliphatic carbocycles. The molecule has 1 saturated heterocycles. The standard InChI is InChI=1S/C15H30N4O2.HI/c1-5-8-19-9-6-13(7-10-19)18-15(16-3)17-11-12(2)14(20)21-4;/h12-13H,5-11H2,1-4H3,(H2,16,17,18);1H. The highest BCUT2D eigenvalue weighted by Crippen LogP contribution is 2.10. The van der Waals surface area contributed by atoms with E-state index in [1.807, 2.05) is 6.92 Å². The predicted octanol–water partition coefficient (Wildman–Crippen LogP) is 1.45. The summed E-state index contributed by atoms with van der Waals surface area (Å²) in [6.45, 7) is 8.06. The van der Waals surface area contributed by atoms with Crippen molar-refractivity contribution in [2.75, 3.05) is 40.3 Å². The van der Waals surface area contributed by atoms with E-state index in [9.17, 15) is 4.79 Å². The van der Waals surface area contributed by atoms with Crippen LogP contribution < -0.4 is 10.6 Å². The molecule has 0 amide bonds. The second-order valence-electron chi connectivity index (χ2n) is 5.64. The van der Waals surface area contributed by atoms with Crippen LogP contribution in [0.4, 0.5) is 0 Å². The minimum atomic E-state index is -0.203. The maximum atomic E-state index is 11.4. The third-order valence-corrected chi connectivity index (χ3v) is 3.87. The van der Waals surface area contributed by atoms with Crippen LogP contribution in [-0.4, -0.2) is 63.2 Å². The van der Waals surface area contributed by atoms with Crippen molar-refractivity contribution in [2.24, 2.45) is 10.9 Å². The number of halogens is 1. The van der Waals surface area contributed by atoms with E-state index in [0.717, 1.165) is 31.9 Å². The largest absolute Gasteiger partial charge is 0.469 e. The van der Waals surface area contributed by atoms with Gasteiger partial charge in [-0.1, -0.05) is 13.8 Å². The summed E-state index contributed by atoms with van der Waals surface area (Å²) >= 11 is 0. The third-order valence-electron chi connectivity index (χ3n) is 3.87. The van der Waals surface area contributed by atoms with Crippen molar-refractivity contribution in [3.8, 4) is 0 Å². The average molecular weight is 426 g/mol. The molecule has 6 nitrogen and oxygen atoms in total. The van der Waals surface area contributed by atoms with E-state index < -0.39 is 0 Å². The van der Waals surface area contributed by atoms with Gasteiger partial charge in [-0.2, -0.15) is 0 Å². The Morgan fingerprint density at radius 1 is 1.41 bits per heavy atom. The quantitative estimate of drug-likeness (QED) is 0.291. The molecule has 1 rings (SSSR count). The van der Waals surface area contributed by atoms with Gasteiger partial charge in [0.25, 0.3) is 0 Å². The van der Waals surface area contributed by atoms with Gasteiger partial charge < -0.3 is 20.3 Å². The van der Waals surface area contributed by atoms with Gasteiger partial charge in [0.2, 0.25) is 0 Å². The summed E-state index contributed by atoms with van der Waals surface area (Å²) in [6.07, 6.45) is 3.48. The van der Waals surface area contributed by atoms with Crippen LogP contribution in [0.5, 0.6) is 0 Å². The number of esters is 1. The fourth-order valence-corrected chi connectivity index (χ4v) is 2.54. The Labute approximate surface area is 151 Å². The summed E-state index contributed by atoms with van der Waals surface area (Å²) in [6, 6.07) is 0.456. The zero-order valence-electron chi connectivity index (χ0n) is 14.2. The first-order valence-electron chi connectivity index (χ1n) is 7.88. The number of likely N-dealkylation sites (tertiary alicyclic amines) is 1. The number of guanidine groups is 1. The van der Waals surface area contributed by atoms with E-state index in [1.54, 1.807) is 7.05 Å². The van der Waals surface area contributed by atoms with E-state index in [2.05, 4.69) is 27.4 Å². The molecule has 1 heterocycles. The Hall–Kier alpha value is -0.570. The monoisotopic (exact) mass is 426 g/mol.